The number of benzene rings is 19. The highest BCUT2D eigenvalue weighted by molar-refractivity contribution is 6.22. The zero-order valence-corrected chi connectivity index (χ0v) is 64.3. The zero-order valence-electron chi connectivity index (χ0n) is 64.3. The maximum absolute atomic E-state index is 4.47. The van der Waals surface area contributed by atoms with E-state index < -0.39 is 0 Å². The van der Waals surface area contributed by atoms with E-state index in [-0.39, 0.29) is 0 Å². The first-order valence-corrected chi connectivity index (χ1v) is 40.4. The van der Waals surface area contributed by atoms with Crippen LogP contribution in [0.3, 0.4) is 0 Å². The van der Waals surface area contributed by atoms with Crippen molar-refractivity contribution in [2.45, 2.75) is 6.92 Å². The van der Waals surface area contributed by atoms with Crippen molar-refractivity contribution in [1.29, 1.82) is 0 Å². The molecule has 23 rings (SSSR count). The summed E-state index contributed by atoms with van der Waals surface area (Å²) in [6, 6.07) is 150. The third kappa shape index (κ3) is 10.8. The van der Waals surface area contributed by atoms with Crippen LogP contribution in [-0.2, 0) is 0 Å². The number of rotatable bonds is 13. The normalized spacial score (nSPS) is 12.0. The number of hydrogen-bond acceptors (Lipinski definition) is 0. The van der Waals surface area contributed by atoms with E-state index in [9.17, 15) is 0 Å². The molecule has 0 radical (unpaired) electrons. The third-order valence-corrected chi connectivity index (χ3v) is 24.5. The van der Waals surface area contributed by atoms with Crippen LogP contribution in [0.2, 0.25) is 0 Å². The third-order valence-electron chi connectivity index (χ3n) is 24.5. The smallest absolute Gasteiger partial charge is 0.0619 e. The molecule has 0 unspecified atom stereocenters. The summed E-state index contributed by atoms with van der Waals surface area (Å²) in [5.41, 5.74) is 30.6. The first-order valence-electron chi connectivity index (χ1n) is 40.4. The van der Waals surface area contributed by atoms with Gasteiger partial charge in [0.25, 0.3) is 0 Å². The Morgan fingerprint density at radius 3 is 1.21 bits per heavy atom. The first-order chi connectivity index (χ1) is 58.0. The fourth-order valence-electron chi connectivity index (χ4n) is 19.5. The lowest BCUT2D eigenvalue weighted by atomic mass is 9.87. The standard InChI is InChI=1S/C113H74N4/c1-3-30-94-96-49-27-47-90(112(96)116(104(94)4-2)86-36-13-7-14-37-86)80-62-78(63-81(66-80)91-48-28-50-97-95-43-21-24-51-105(95)117(113(91)97)87-38-15-8-16-39-87)75-59-60-76-69-102(93-42-20-19-41-92(93)101(76)68-75)83-70-103(111-99-45-23-26-53-107(99)115(109(111)71-83)85-34-11-6-12-35-85)82-64-77(74-58-57-73-56-55-72-31-17-18-40-88(72)100(73)67-74)61-79(65-82)89-46-29-54-108-110(89)98-44-22-25-52-106(98)114(108)84-32-9-5-10-33-84/h3-71H,2H2,1H3/b30-3-. The second-order valence-corrected chi connectivity index (χ2v) is 31.0. The highest BCUT2D eigenvalue weighted by atomic mass is 15.0. The molecule has 0 N–H and O–H groups in total. The van der Waals surface area contributed by atoms with Crippen molar-refractivity contribution in [3.8, 4) is 101 Å². The minimum absolute atomic E-state index is 1.05. The highest BCUT2D eigenvalue weighted by Gasteiger charge is 2.26. The van der Waals surface area contributed by atoms with Crippen LogP contribution in [0.15, 0.2) is 413 Å². The molecule has 0 amide bonds. The molecule has 23 aromatic rings. The van der Waals surface area contributed by atoms with Crippen LogP contribution in [0.1, 0.15) is 18.2 Å². The highest BCUT2D eigenvalue weighted by Crippen LogP contribution is 2.50. The predicted octanol–water partition coefficient (Wildman–Crippen LogP) is 30.9. The molecule has 4 heterocycles. The molecule has 4 heteroatoms. The molecule has 0 spiro atoms. The predicted molar refractivity (Wildman–Crippen MR) is 499 cm³/mol. The van der Waals surface area contributed by atoms with E-state index in [0.717, 1.165) is 139 Å². The summed E-state index contributed by atoms with van der Waals surface area (Å²) in [6.45, 7) is 6.57. The van der Waals surface area contributed by atoms with Crippen LogP contribution in [0.25, 0.3) is 232 Å². The molecule has 0 aliphatic carbocycles. The molecule has 4 aromatic heterocycles. The molecule has 0 atom stereocenters. The van der Waals surface area contributed by atoms with Crippen LogP contribution in [0, 0.1) is 0 Å². The molecule has 0 aliphatic heterocycles. The molecule has 0 aliphatic rings. The minimum Gasteiger partial charge on any atom is -0.309 e. The Labute approximate surface area is 677 Å². The zero-order chi connectivity index (χ0) is 77.3. The Kier molecular flexibility index (Phi) is 15.7. The maximum atomic E-state index is 4.47. The average molecular weight is 1490 g/mol. The Morgan fingerprint density at radius 2 is 0.607 bits per heavy atom. The molecule has 117 heavy (non-hydrogen) atoms. The molecule has 546 valence electrons. The van der Waals surface area contributed by atoms with E-state index in [2.05, 4.69) is 444 Å². The molecule has 19 aromatic carbocycles. The van der Waals surface area contributed by atoms with Crippen molar-refractivity contribution in [1.82, 2.24) is 18.3 Å². The lowest BCUT2D eigenvalue weighted by Gasteiger charge is -2.18. The van der Waals surface area contributed by atoms with Gasteiger partial charge in [-0.25, -0.2) is 0 Å². The van der Waals surface area contributed by atoms with Crippen LogP contribution < -0.4 is 0 Å². The first kappa shape index (κ1) is 67.3. The van der Waals surface area contributed by atoms with Gasteiger partial charge in [0.15, 0.2) is 0 Å². The van der Waals surface area contributed by atoms with Gasteiger partial charge in [-0.1, -0.05) is 280 Å². The number of para-hydroxylation sites is 9. The van der Waals surface area contributed by atoms with E-state index >= 15 is 0 Å². The SMILES string of the molecule is C=Cc1c(/C=C\C)c2cccc(-c3cc(-c4ccc5cc(-c6cc(-c7cc(-c8ccc9ccc%10ccccc%10c9c8)cc(-c8cccc9c8c8ccccc8n9-c8ccccc8)c7)c7c8ccccc8n(-c8ccccc8)c7c6)c6ccccc6c5c4)cc(-c4cccc5c6ccccc6n(-c6ccccc6)c45)c3)c2n1-c1ccccc1. The summed E-state index contributed by atoms with van der Waals surface area (Å²) in [5, 5.41) is 18.0. The Bertz CT molecular complexity index is 8070. The number of nitrogens with zero attached hydrogens (tertiary/aromatic N) is 4. The van der Waals surface area contributed by atoms with Gasteiger partial charge in [-0.3, -0.25) is 0 Å². The average Bonchev–Trinajstić information content (AvgIpc) is 1.62. The minimum atomic E-state index is 1.05. The molecular formula is C113H74N4. The van der Waals surface area contributed by atoms with E-state index in [0.29, 0.717) is 0 Å². The molecule has 0 bridgehead atoms. The molecule has 4 nitrogen and oxygen atoms in total. The molecule has 0 saturated carbocycles. The van der Waals surface area contributed by atoms with Gasteiger partial charge in [0.2, 0.25) is 0 Å². The monoisotopic (exact) mass is 1490 g/mol. The van der Waals surface area contributed by atoms with Crippen molar-refractivity contribution < 1.29 is 0 Å². The van der Waals surface area contributed by atoms with Crippen LogP contribution in [0.4, 0.5) is 0 Å². The van der Waals surface area contributed by atoms with Gasteiger partial charge in [0.1, 0.15) is 0 Å². The lowest BCUT2D eigenvalue weighted by molar-refractivity contribution is 1.11. The lowest BCUT2D eigenvalue weighted by Crippen LogP contribution is -1.98. The van der Waals surface area contributed by atoms with Gasteiger partial charge in [-0.15, -0.1) is 0 Å². The summed E-state index contributed by atoms with van der Waals surface area (Å²) in [7, 11) is 0. The van der Waals surface area contributed by atoms with Crippen LogP contribution >= 0.6 is 0 Å². The quantitative estimate of drug-likeness (QED) is 0.103. The van der Waals surface area contributed by atoms with Gasteiger partial charge in [0, 0.05) is 77.1 Å². The topological polar surface area (TPSA) is 19.7 Å². The van der Waals surface area contributed by atoms with Crippen molar-refractivity contribution in [3.63, 3.8) is 0 Å². The van der Waals surface area contributed by atoms with Crippen LogP contribution in [-0.4, -0.2) is 18.3 Å². The number of fused-ring (bicyclic) bond motifs is 16. The summed E-state index contributed by atoms with van der Waals surface area (Å²) < 4.78 is 9.80. The fourth-order valence-corrected chi connectivity index (χ4v) is 19.5. The number of aromatic nitrogens is 4. The van der Waals surface area contributed by atoms with Gasteiger partial charge in [-0.05, 0) is 262 Å². The van der Waals surface area contributed by atoms with Crippen molar-refractivity contribution in [2.24, 2.45) is 0 Å². The summed E-state index contributed by atoms with van der Waals surface area (Å²) in [6.07, 6.45) is 6.39. The summed E-state index contributed by atoms with van der Waals surface area (Å²) in [5.74, 6) is 0. The van der Waals surface area contributed by atoms with E-state index in [1.165, 1.54) is 92.1 Å². The van der Waals surface area contributed by atoms with Crippen LogP contribution in [0.5, 0.6) is 0 Å². The van der Waals surface area contributed by atoms with Gasteiger partial charge >= 0.3 is 0 Å². The van der Waals surface area contributed by atoms with E-state index in [1.807, 2.05) is 6.08 Å². The Balaban J connectivity index is 0.768. The number of allylic oxidation sites excluding steroid dienone is 1. The van der Waals surface area contributed by atoms with Gasteiger partial charge in [-0.2, -0.15) is 0 Å². The second kappa shape index (κ2) is 27.2. The Hall–Kier alpha value is -15.4. The van der Waals surface area contributed by atoms with E-state index in [4.69, 9.17) is 0 Å². The van der Waals surface area contributed by atoms with E-state index in [1.54, 1.807) is 0 Å². The van der Waals surface area contributed by atoms with Crippen molar-refractivity contribution >= 4 is 132 Å². The Morgan fingerprint density at radius 1 is 0.214 bits per heavy atom. The fraction of sp³-hybridized carbons (Fsp3) is 0.00885. The molecule has 0 saturated heterocycles. The molecular weight excluding hydrogens is 1410 g/mol. The van der Waals surface area contributed by atoms with Gasteiger partial charge < -0.3 is 18.3 Å². The maximum Gasteiger partial charge on any atom is 0.0619 e. The number of hydrogen-bond donors (Lipinski definition) is 0. The largest absolute Gasteiger partial charge is 0.309 e. The summed E-state index contributed by atoms with van der Waals surface area (Å²) >= 11 is 0. The van der Waals surface area contributed by atoms with Gasteiger partial charge in [0.05, 0.1) is 44.3 Å². The summed E-state index contributed by atoms with van der Waals surface area (Å²) in [4.78, 5) is 0. The molecule has 0 fully saturated rings. The second-order valence-electron chi connectivity index (χ2n) is 31.0. The van der Waals surface area contributed by atoms with Crippen molar-refractivity contribution in [2.75, 3.05) is 0 Å². The van der Waals surface area contributed by atoms with Crippen molar-refractivity contribution in [3.05, 3.63) is 424 Å².